The first-order chi connectivity index (χ1) is 13.7. The van der Waals surface area contributed by atoms with Gasteiger partial charge in [0.05, 0.1) is 17.2 Å². The molecule has 8 nitrogen and oxygen atoms in total. The fourth-order valence-corrected chi connectivity index (χ4v) is 4.00. The van der Waals surface area contributed by atoms with Crippen LogP contribution < -0.4 is 19.9 Å². The molecule has 0 fully saturated rings. The van der Waals surface area contributed by atoms with E-state index in [0.29, 0.717) is 23.0 Å². The summed E-state index contributed by atoms with van der Waals surface area (Å²) in [7, 11) is 0. The van der Waals surface area contributed by atoms with Gasteiger partial charge in [0.1, 0.15) is 11.6 Å². The van der Waals surface area contributed by atoms with E-state index in [-0.39, 0.29) is 12.7 Å². The third-order valence-corrected chi connectivity index (χ3v) is 5.40. The molecule has 0 spiro atoms. The van der Waals surface area contributed by atoms with Gasteiger partial charge in [-0.25, -0.2) is 0 Å². The van der Waals surface area contributed by atoms with Gasteiger partial charge in [0.2, 0.25) is 18.6 Å². The number of fused-ring (bicyclic) bond motifs is 2. The second kappa shape index (κ2) is 6.28. The second-order valence-corrected chi connectivity index (χ2v) is 7.06. The molecule has 9 heteroatoms. The number of halogens is 1. The zero-order valence-electron chi connectivity index (χ0n) is 14.3. The summed E-state index contributed by atoms with van der Waals surface area (Å²) in [5.74, 6) is 1.10. The lowest BCUT2D eigenvalue weighted by molar-refractivity contribution is 0.174. The van der Waals surface area contributed by atoms with Crippen LogP contribution in [0.5, 0.6) is 17.4 Å². The summed E-state index contributed by atoms with van der Waals surface area (Å²) in [5.41, 5.74) is 9.45. The molecule has 0 bridgehead atoms. The molecule has 1 atom stereocenters. The van der Waals surface area contributed by atoms with E-state index in [1.807, 2.05) is 24.3 Å². The molecule has 0 aliphatic carbocycles. The number of aromatic nitrogens is 3. The van der Waals surface area contributed by atoms with Crippen LogP contribution in [0.1, 0.15) is 17.0 Å². The standard InChI is InChI=1S/C19H12BrN5O3/c20-12-6-14-13(26-8-27-14)5-10(12)15-11(7-21)18(22)28-19-16(15)17(24-25-19)9-1-3-23-4-2-9/h1-6,15H,8,22H2,(H,24,25)/t15-/m0/s1. The molecule has 2 aliphatic heterocycles. The Kier molecular flexibility index (Phi) is 3.74. The molecular formula is C19H12BrN5O3. The Morgan fingerprint density at radius 1 is 1.21 bits per heavy atom. The first-order valence-electron chi connectivity index (χ1n) is 8.32. The summed E-state index contributed by atoms with van der Waals surface area (Å²) < 4.78 is 17.4. The van der Waals surface area contributed by atoms with E-state index >= 15 is 0 Å². The largest absolute Gasteiger partial charge is 0.454 e. The van der Waals surface area contributed by atoms with E-state index in [0.717, 1.165) is 26.9 Å². The maximum Gasteiger partial charge on any atom is 0.244 e. The van der Waals surface area contributed by atoms with E-state index in [2.05, 4.69) is 37.2 Å². The lowest BCUT2D eigenvalue weighted by Gasteiger charge is -2.25. The summed E-state index contributed by atoms with van der Waals surface area (Å²) in [4.78, 5) is 4.06. The summed E-state index contributed by atoms with van der Waals surface area (Å²) in [6.07, 6.45) is 3.38. The predicted molar refractivity (Wildman–Crippen MR) is 101 cm³/mol. The second-order valence-electron chi connectivity index (χ2n) is 6.21. The number of nitriles is 1. The van der Waals surface area contributed by atoms with Crippen molar-refractivity contribution in [1.29, 1.82) is 5.26 Å². The molecular weight excluding hydrogens is 426 g/mol. The van der Waals surface area contributed by atoms with Gasteiger partial charge in [0.15, 0.2) is 11.5 Å². The number of H-pyrrole nitrogens is 1. The number of rotatable bonds is 2. The minimum atomic E-state index is -0.500. The Labute approximate surface area is 167 Å². The number of ether oxygens (including phenoxy) is 3. The Balaban J connectivity index is 1.76. The molecule has 5 rings (SSSR count). The van der Waals surface area contributed by atoms with Gasteiger partial charge in [-0.3, -0.25) is 10.1 Å². The van der Waals surface area contributed by atoms with Crippen molar-refractivity contribution in [3.63, 3.8) is 0 Å². The number of allylic oxidation sites excluding steroid dienone is 1. The van der Waals surface area contributed by atoms with Crippen molar-refractivity contribution in [1.82, 2.24) is 15.2 Å². The molecule has 2 aliphatic rings. The van der Waals surface area contributed by atoms with Crippen LogP contribution in [0.15, 0.2) is 52.6 Å². The molecule has 0 radical (unpaired) electrons. The highest BCUT2D eigenvalue weighted by Gasteiger charge is 2.37. The molecule has 3 aromatic rings. The van der Waals surface area contributed by atoms with Crippen LogP contribution in [-0.4, -0.2) is 22.0 Å². The van der Waals surface area contributed by atoms with Gasteiger partial charge >= 0.3 is 0 Å². The lowest BCUT2D eigenvalue weighted by Crippen LogP contribution is -2.21. The monoisotopic (exact) mass is 437 g/mol. The van der Waals surface area contributed by atoms with Crippen LogP contribution in [0.3, 0.4) is 0 Å². The first kappa shape index (κ1) is 16.6. The third-order valence-electron chi connectivity index (χ3n) is 4.71. The smallest absolute Gasteiger partial charge is 0.244 e. The number of nitrogens with one attached hydrogen (secondary N) is 1. The van der Waals surface area contributed by atoms with Gasteiger partial charge in [-0.2, -0.15) is 5.26 Å². The number of benzene rings is 1. The van der Waals surface area contributed by atoms with Gasteiger partial charge in [-0.15, -0.1) is 5.10 Å². The SMILES string of the molecule is N#CC1=C(N)Oc2n[nH]c(-c3ccncc3)c2[C@H]1c1cc2c(cc1Br)OCO2. The zero-order valence-corrected chi connectivity index (χ0v) is 15.9. The van der Waals surface area contributed by atoms with Crippen molar-refractivity contribution in [2.45, 2.75) is 5.92 Å². The van der Waals surface area contributed by atoms with E-state index in [1.165, 1.54) is 0 Å². The number of hydrogen-bond donors (Lipinski definition) is 2. The van der Waals surface area contributed by atoms with Crippen LogP contribution in [0.2, 0.25) is 0 Å². The van der Waals surface area contributed by atoms with Crippen molar-refractivity contribution in [3.8, 4) is 34.7 Å². The molecule has 0 unspecified atom stereocenters. The average molecular weight is 438 g/mol. The number of pyridine rings is 1. The molecule has 138 valence electrons. The van der Waals surface area contributed by atoms with Gasteiger partial charge in [-0.05, 0) is 29.8 Å². The minimum absolute atomic E-state index is 0.0253. The summed E-state index contributed by atoms with van der Waals surface area (Å²) >= 11 is 3.59. The summed E-state index contributed by atoms with van der Waals surface area (Å²) in [6, 6.07) is 9.57. The predicted octanol–water partition coefficient (Wildman–Crippen LogP) is 3.18. The Morgan fingerprint density at radius 3 is 2.71 bits per heavy atom. The highest BCUT2D eigenvalue weighted by Crippen LogP contribution is 2.49. The fraction of sp³-hybridized carbons (Fsp3) is 0.105. The quantitative estimate of drug-likeness (QED) is 0.631. The maximum absolute atomic E-state index is 9.82. The van der Waals surface area contributed by atoms with Crippen LogP contribution in [0.25, 0.3) is 11.3 Å². The zero-order chi connectivity index (χ0) is 19.3. The molecule has 0 saturated carbocycles. The summed E-state index contributed by atoms with van der Waals surface area (Å²) in [5, 5.41) is 17.1. The van der Waals surface area contributed by atoms with E-state index in [4.69, 9.17) is 19.9 Å². The number of nitrogens with zero attached hydrogens (tertiary/aromatic N) is 3. The van der Waals surface area contributed by atoms with Crippen LogP contribution >= 0.6 is 15.9 Å². The Hall–Kier alpha value is -3.51. The average Bonchev–Trinajstić information content (AvgIpc) is 3.33. The molecule has 1 aromatic carbocycles. The third kappa shape index (κ3) is 2.42. The molecule has 4 heterocycles. The van der Waals surface area contributed by atoms with E-state index in [1.54, 1.807) is 12.4 Å². The van der Waals surface area contributed by atoms with Crippen molar-refractivity contribution >= 4 is 15.9 Å². The van der Waals surface area contributed by atoms with Crippen molar-refractivity contribution in [2.24, 2.45) is 5.73 Å². The topological polar surface area (TPSA) is 119 Å². The van der Waals surface area contributed by atoms with Gasteiger partial charge in [-0.1, -0.05) is 15.9 Å². The normalized spacial score (nSPS) is 17.1. The van der Waals surface area contributed by atoms with Crippen LogP contribution in [0, 0.1) is 11.3 Å². The number of aromatic amines is 1. The highest BCUT2D eigenvalue weighted by molar-refractivity contribution is 9.10. The van der Waals surface area contributed by atoms with Gasteiger partial charge < -0.3 is 19.9 Å². The number of hydrogen-bond acceptors (Lipinski definition) is 7. The van der Waals surface area contributed by atoms with E-state index < -0.39 is 5.92 Å². The van der Waals surface area contributed by atoms with Crippen molar-refractivity contribution in [2.75, 3.05) is 6.79 Å². The van der Waals surface area contributed by atoms with Gasteiger partial charge in [0, 0.05) is 22.4 Å². The molecule has 0 amide bonds. The minimum Gasteiger partial charge on any atom is -0.454 e. The molecule has 28 heavy (non-hydrogen) atoms. The fourth-order valence-electron chi connectivity index (χ4n) is 3.45. The molecule has 2 aromatic heterocycles. The number of nitrogens with two attached hydrogens (primary N) is 1. The first-order valence-corrected chi connectivity index (χ1v) is 9.12. The van der Waals surface area contributed by atoms with Crippen LogP contribution in [0.4, 0.5) is 0 Å². The highest BCUT2D eigenvalue weighted by atomic mass is 79.9. The Morgan fingerprint density at radius 2 is 1.96 bits per heavy atom. The molecule has 3 N–H and O–H groups in total. The van der Waals surface area contributed by atoms with Gasteiger partial charge in [0.25, 0.3) is 0 Å². The van der Waals surface area contributed by atoms with Crippen molar-refractivity contribution in [3.05, 3.63) is 63.7 Å². The Bertz CT molecular complexity index is 1170. The van der Waals surface area contributed by atoms with E-state index in [9.17, 15) is 5.26 Å². The molecule has 0 saturated heterocycles. The maximum atomic E-state index is 9.82. The van der Waals surface area contributed by atoms with Crippen molar-refractivity contribution < 1.29 is 14.2 Å². The lowest BCUT2D eigenvalue weighted by atomic mass is 9.83. The van der Waals surface area contributed by atoms with Crippen LogP contribution in [-0.2, 0) is 0 Å². The summed E-state index contributed by atoms with van der Waals surface area (Å²) in [6.45, 7) is 0.154.